The van der Waals surface area contributed by atoms with Crippen LogP contribution in [0, 0.1) is 0 Å². The van der Waals surface area contributed by atoms with Crippen LogP contribution >= 0.6 is 27.3 Å². The topological polar surface area (TPSA) is 74.8 Å². The van der Waals surface area contributed by atoms with Gasteiger partial charge in [0.2, 0.25) is 0 Å². The molecule has 0 fully saturated rings. The number of hydrogen-bond donors (Lipinski definition) is 2. The smallest absolute Gasteiger partial charge is 0.272 e. The van der Waals surface area contributed by atoms with Crippen molar-refractivity contribution in [1.29, 1.82) is 0 Å². The zero-order chi connectivity index (χ0) is 14.3. The molecule has 2 N–H and O–H groups in total. The van der Waals surface area contributed by atoms with E-state index in [-0.39, 0.29) is 9.62 Å². The zero-order valence-corrected chi connectivity index (χ0v) is 13.9. The SMILES string of the molecule is CC(C)(C)c1cc(NS(=O)(=O)c2ccc(Br)s2)n[nH]1. The van der Waals surface area contributed by atoms with Crippen LogP contribution < -0.4 is 4.72 Å². The summed E-state index contributed by atoms with van der Waals surface area (Å²) in [5.74, 6) is 0.300. The Labute approximate surface area is 124 Å². The highest BCUT2D eigenvalue weighted by atomic mass is 79.9. The van der Waals surface area contributed by atoms with Gasteiger partial charge in [-0.2, -0.15) is 5.10 Å². The van der Waals surface area contributed by atoms with E-state index in [2.05, 4.69) is 30.8 Å². The summed E-state index contributed by atoms with van der Waals surface area (Å²) >= 11 is 4.40. The monoisotopic (exact) mass is 363 g/mol. The summed E-state index contributed by atoms with van der Waals surface area (Å²) in [6, 6.07) is 4.96. The molecule has 0 amide bonds. The van der Waals surface area contributed by atoms with Crippen molar-refractivity contribution in [2.24, 2.45) is 0 Å². The molecule has 0 aromatic carbocycles. The second kappa shape index (κ2) is 4.92. The van der Waals surface area contributed by atoms with Crippen LogP contribution in [0.15, 0.2) is 26.2 Å². The van der Waals surface area contributed by atoms with E-state index in [4.69, 9.17) is 0 Å². The highest BCUT2D eigenvalue weighted by molar-refractivity contribution is 9.11. The number of aromatic amines is 1. The second-order valence-electron chi connectivity index (χ2n) is 5.08. The summed E-state index contributed by atoms with van der Waals surface area (Å²) in [5.41, 5.74) is 0.764. The van der Waals surface area contributed by atoms with Crippen LogP contribution in [-0.2, 0) is 15.4 Å². The van der Waals surface area contributed by atoms with E-state index in [0.29, 0.717) is 5.82 Å². The van der Waals surface area contributed by atoms with Crippen LogP contribution in [-0.4, -0.2) is 18.6 Å². The lowest BCUT2D eigenvalue weighted by Gasteiger charge is -2.14. The van der Waals surface area contributed by atoms with Crippen molar-refractivity contribution < 1.29 is 8.42 Å². The number of halogens is 1. The number of H-pyrrole nitrogens is 1. The molecule has 0 radical (unpaired) electrons. The fourth-order valence-corrected chi connectivity index (χ4v) is 4.39. The number of thiophene rings is 1. The zero-order valence-electron chi connectivity index (χ0n) is 10.7. The first-order valence-corrected chi connectivity index (χ1v) is 8.62. The third-order valence-electron chi connectivity index (χ3n) is 2.44. The Morgan fingerprint density at radius 1 is 1.37 bits per heavy atom. The van der Waals surface area contributed by atoms with Crippen molar-refractivity contribution in [2.45, 2.75) is 30.4 Å². The van der Waals surface area contributed by atoms with Crippen LogP contribution in [0.3, 0.4) is 0 Å². The average Bonchev–Trinajstić information content (AvgIpc) is 2.85. The number of aromatic nitrogens is 2. The van der Waals surface area contributed by atoms with Gasteiger partial charge in [-0.25, -0.2) is 8.42 Å². The number of rotatable bonds is 3. The van der Waals surface area contributed by atoms with Gasteiger partial charge in [-0.1, -0.05) is 20.8 Å². The Morgan fingerprint density at radius 3 is 2.53 bits per heavy atom. The molecule has 0 saturated carbocycles. The van der Waals surface area contributed by atoms with Crippen LogP contribution in [0.2, 0.25) is 0 Å². The molecular formula is C11H14BrN3O2S2. The van der Waals surface area contributed by atoms with E-state index >= 15 is 0 Å². The largest absolute Gasteiger partial charge is 0.280 e. The second-order valence-corrected chi connectivity index (χ2v) is 9.45. The maximum absolute atomic E-state index is 12.1. The van der Waals surface area contributed by atoms with E-state index in [9.17, 15) is 8.42 Å². The Kier molecular flexibility index (Phi) is 3.76. The molecule has 0 aliphatic heterocycles. The van der Waals surface area contributed by atoms with Crippen LogP contribution in [0.1, 0.15) is 26.5 Å². The number of hydrogen-bond acceptors (Lipinski definition) is 4. The summed E-state index contributed by atoms with van der Waals surface area (Å²) < 4.78 is 27.7. The first kappa shape index (κ1) is 14.5. The minimum atomic E-state index is -3.57. The van der Waals surface area contributed by atoms with Gasteiger partial charge >= 0.3 is 0 Å². The highest BCUT2D eigenvalue weighted by Gasteiger charge is 2.21. The number of nitrogens with zero attached hydrogens (tertiary/aromatic N) is 1. The fourth-order valence-electron chi connectivity index (χ4n) is 1.39. The Morgan fingerprint density at radius 2 is 2.05 bits per heavy atom. The van der Waals surface area contributed by atoms with E-state index < -0.39 is 10.0 Å². The van der Waals surface area contributed by atoms with Crippen LogP contribution in [0.5, 0.6) is 0 Å². The molecule has 2 aromatic rings. The quantitative estimate of drug-likeness (QED) is 0.877. The lowest BCUT2D eigenvalue weighted by Crippen LogP contribution is -2.12. The molecule has 5 nitrogen and oxygen atoms in total. The van der Waals surface area contributed by atoms with Crippen molar-refractivity contribution in [3.05, 3.63) is 27.7 Å². The van der Waals surface area contributed by atoms with Crippen molar-refractivity contribution in [1.82, 2.24) is 10.2 Å². The third kappa shape index (κ3) is 3.37. The van der Waals surface area contributed by atoms with Crippen molar-refractivity contribution >= 4 is 43.1 Å². The fraction of sp³-hybridized carbons (Fsp3) is 0.364. The standard InChI is InChI=1S/C11H14BrN3O2S2/c1-11(2,3)7-6-9(14-13-7)15-19(16,17)10-5-4-8(12)18-10/h4-6H,1-3H3,(H2,13,14,15). The minimum Gasteiger partial charge on any atom is -0.280 e. The van der Waals surface area contributed by atoms with Crippen molar-refractivity contribution in [3.8, 4) is 0 Å². The van der Waals surface area contributed by atoms with Crippen LogP contribution in [0.4, 0.5) is 5.82 Å². The first-order chi connectivity index (χ1) is 8.68. The van der Waals surface area contributed by atoms with E-state index in [0.717, 1.165) is 20.8 Å². The maximum Gasteiger partial charge on any atom is 0.272 e. The summed E-state index contributed by atoms with van der Waals surface area (Å²) in [4.78, 5) is 0. The van der Waals surface area contributed by atoms with Gasteiger partial charge in [0.1, 0.15) is 4.21 Å². The summed E-state index contributed by atoms with van der Waals surface area (Å²) in [6.07, 6.45) is 0. The van der Waals surface area contributed by atoms with Gasteiger partial charge in [-0.15, -0.1) is 11.3 Å². The Balaban J connectivity index is 2.24. The Hall–Kier alpha value is -0.860. The molecule has 0 spiro atoms. The lowest BCUT2D eigenvalue weighted by atomic mass is 9.92. The minimum absolute atomic E-state index is 0.108. The molecule has 19 heavy (non-hydrogen) atoms. The van der Waals surface area contributed by atoms with Gasteiger partial charge in [-0.05, 0) is 28.1 Å². The predicted molar refractivity (Wildman–Crippen MR) is 80.1 cm³/mol. The van der Waals surface area contributed by atoms with Gasteiger partial charge in [-0.3, -0.25) is 9.82 Å². The number of nitrogens with one attached hydrogen (secondary N) is 2. The molecule has 2 rings (SSSR count). The molecule has 0 unspecified atom stereocenters. The van der Waals surface area contributed by atoms with Gasteiger partial charge in [0, 0.05) is 17.2 Å². The molecule has 0 aliphatic carbocycles. The summed E-state index contributed by atoms with van der Waals surface area (Å²) in [5, 5.41) is 6.82. The highest BCUT2D eigenvalue weighted by Crippen LogP contribution is 2.28. The number of anilines is 1. The molecule has 0 bridgehead atoms. The van der Waals surface area contributed by atoms with Gasteiger partial charge < -0.3 is 0 Å². The van der Waals surface area contributed by atoms with Crippen molar-refractivity contribution in [2.75, 3.05) is 4.72 Å². The predicted octanol–water partition coefficient (Wildman–Crippen LogP) is 3.33. The number of sulfonamides is 1. The molecule has 2 heterocycles. The van der Waals surface area contributed by atoms with E-state index in [1.54, 1.807) is 18.2 Å². The Bertz CT molecular complexity index is 683. The molecule has 0 aliphatic rings. The molecule has 2 aromatic heterocycles. The molecule has 0 saturated heterocycles. The van der Waals surface area contributed by atoms with Gasteiger partial charge in [0.05, 0.1) is 3.79 Å². The van der Waals surface area contributed by atoms with E-state index in [1.165, 1.54) is 0 Å². The van der Waals surface area contributed by atoms with Crippen molar-refractivity contribution in [3.63, 3.8) is 0 Å². The summed E-state index contributed by atoms with van der Waals surface area (Å²) in [7, 11) is -3.57. The summed E-state index contributed by atoms with van der Waals surface area (Å²) in [6.45, 7) is 6.07. The average molecular weight is 364 g/mol. The maximum atomic E-state index is 12.1. The van der Waals surface area contributed by atoms with E-state index in [1.807, 2.05) is 20.8 Å². The molecular weight excluding hydrogens is 350 g/mol. The third-order valence-corrected chi connectivity index (χ3v) is 5.91. The first-order valence-electron chi connectivity index (χ1n) is 5.52. The normalized spacial score (nSPS) is 12.6. The molecule has 104 valence electrons. The van der Waals surface area contributed by atoms with Gasteiger partial charge in [0.25, 0.3) is 10.0 Å². The van der Waals surface area contributed by atoms with Crippen LogP contribution in [0.25, 0.3) is 0 Å². The molecule has 0 atom stereocenters. The lowest BCUT2D eigenvalue weighted by molar-refractivity contribution is 0.567. The van der Waals surface area contributed by atoms with Gasteiger partial charge in [0.15, 0.2) is 5.82 Å². The molecule has 8 heteroatoms.